The minimum atomic E-state index is 0.0125. The molecule has 1 aliphatic rings. The van der Waals surface area contributed by atoms with Gasteiger partial charge in [-0.1, -0.05) is 6.07 Å². The molecule has 1 unspecified atom stereocenters. The monoisotopic (exact) mass is 374 g/mol. The van der Waals surface area contributed by atoms with E-state index in [2.05, 4.69) is 32.8 Å². The molecule has 3 aromatic rings. The van der Waals surface area contributed by atoms with Gasteiger partial charge in [0.05, 0.1) is 5.56 Å². The van der Waals surface area contributed by atoms with Crippen LogP contribution in [0.2, 0.25) is 0 Å². The van der Waals surface area contributed by atoms with Crippen LogP contribution in [0.1, 0.15) is 51.4 Å². The first-order valence-corrected chi connectivity index (χ1v) is 9.91. The molecular formula is C23H26N4O. The van der Waals surface area contributed by atoms with Crippen LogP contribution in [0, 0.1) is 13.8 Å². The Balaban J connectivity index is 1.50. The molecule has 0 saturated heterocycles. The smallest absolute Gasteiger partial charge is 0.253 e. The predicted molar refractivity (Wildman–Crippen MR) is 109 cm³/mol. The van der Waals surface area contributed by atoms with Gasteiger partial charge in [0.1, 0.15) is 0 Å². The number of nitrogens with one attached hydrogen (secondary N) is 1. The largest absolute Gasteiger partial charge is 0.349 e. The number of pyridine rings is 2. The number of aromatic nitrogens is 3. The average molecular weight is 374 g/mol. The molecular weight excluding hydrogens is 348 g/mol. The van der Waals surface area contributed by atoms with Gasteiger partial charge in [-0.2, -0.15) is 0 Å². The molecule has 144 valence electrons. The molecule has 1 amide bonds. The van der Waals surface area contributed by atoms with Crippen LogP contribution in [-0.4, -0.2) is 26.5 Å². The van der Waals surface area contributed by atoms with Gasteiger partial charge in [0.25, 0.3) is 5.91 Å². The summed E-state index contributed by atoms with van der Waals surface area (Å²) < 4.78 is 2.19. The van der Waals surface area contributed by atoms with Crippen molar-refractivity contribution in [2.75, 3.05) is 0 Å². The molecule has 0 saturated carbocycles. The van der Waals surface area contributed by atoms with Gasteiger partial charge < -0.3 is 9.88 Å². The lowest BCUT2D eigenvalue weighted by atomic mass is 10.1. The highest BCUT2D eigenvalue weighted by atomic mass is 16.1. The molecule has 1 aliphatic carbocycles. The van der Waals surface area contributed by atoms with E-state index in [4.69, 9.17) is 0 Å². The second-order valence-electron chi connectivity index (χ2n) is 7.60. The summed E-state index contributed by atoms with van der Waals surface area (Å²) in [6.45, 7) is 4.82. The Morgan fingerprint density at radius 2 is 2.04 bits per heavy atom. The first-order chi connectivity index (χ1) is 13.6. The number of hydrogen-bond acceptors (Lipinski definition) is 3. The van der Waals surface area contributed by atoms with E-state index in [0.29, 0.717) is 0 Å². The van der Waals surface area contributed by atoms with E-state index in [1.54, 1.807) is 12.4 Å². The number of carbonyl (C=O) groups is 1. The lowest BCUT2D eigenvalue weighted by Crippen LogP contribution is -2.36. The summed E-state index contributed by atoms with van der Waals surface area (Å²) in [5.41, 5.74) is 6.46. The Labute approximate surface area is 165 Å². The topological polar surface area (TPSA) is 59.8 Å². The van der Waals surface area contributed by atoms with Gasteiger partial charge >= 0.3 is 0 Å². The molecule has 3 heterocycles. The summed E-state index contributed by atoms with van der Waals surface area (Å²) in [5, 5.41) is 3.26. The van der Waals surface area contributed by atoms with Crippen LogP contribution in [0.5, 0.6) is 0 Å². The van der Waals surface area contributed by atoms with E-state index in [9.17, 15) is 4.79 Å². The molecule has 0 bridgehead atoms. The third-order valence-corrected chi connectivity index (χ3v) is 5.67. The summed E-state index contributed by atoms with van der Waals surface area (Å²) >= 11 is 0. The van der Waals surface area contributed by atoms with Gasteiger partial charge in [-0.25, -0.2) is 0 Å². The maximum absolute atomic E-state index is 13.0. The fraction of sp³-hybridized carbons (Fsp3) is 0.348. The Hall–Kier alpha value is -2.95. The summed E-state index contributed by atoms with van der Waals surface area (Å²) in [6.07, 6.45) is 9.34. The molecule has 1 N–H and O–H groups in total. The highest BCUT2D eigenvalue weighted by Crippen LogP contribution is 2.21. The number of nitrogens with zero attached hydrogens (tertiary/aromatic N) is 3. The zero-order valence-electron chi connectivity index (χ0n) is 16.5. The van der Waals surface area contributed by atoms with Crippen LogP contribution in [-0.2, 0) is 19.4 Å². The average Bonchev–Trinajstić information content (AvgIpc) is 2.87. The van der Waals surface area contributed by atoms with Crippen molar-refractivity contribution in [1.29, 1.82) is 0 Å². The van der Waals surface area contributed by atoms with Crippen molar-refractivity contribution in [2.24, 2.45) is 0 Å². The first kappa shape index (κ1) is 18.4. The predicted octanol–water partition coefficient (Wildman–Crippen LogP) is 3.62. The highest BCUT2D eigenvalue weighted by molar-refractivity contribution is 5.96. The number of carbonyl (C=O) groups excluding carboxylic acids is 1. The number of rotatable bonds is 4. The highest BCUT2D eigenvalue weighted by Gasteiger charge is 2.22. The van der Waals surface area contributed by atoms with Crippen molar-refractivity contribution < 1.29 is 4.79 Å². The maximum atomic E-state index is 13.0. The molecule has 4 rings (SSSR count). The van der Waals surface area contributed by atoms with Gasteiger partial charge in [0, 0.05) is 54.7 Å². The number of aryl methyl sites for hydroxylation is 2. The van der Waals surface area contributed by atoms with Gasteiger partial charge in [-0.05, 0) is 68.5 Å². The molecule has 3 aromatic heterocycles. The third-order valence-electron chi connectivity index (χ3n) is 5.67. The van der Waals surface area contributed by atoms with Crippen molar-refractivity contribution in [3.8, 4) is 0 Å². The Morgan fingerprint density at radius 1 is 1.21 bits per heavy atom. The molecule has 0 fully saturated rings. The SMILES string of the molecule is Cc1cc(C(=O)NC2CCCc3cccnc3C2)c(C)n1Cc1ccncc1. The standard InChI is InChI=1S/C23H26N4O/c1-16-13-21(17(2)27(16)15-18-8-11-24-12-9-18)23(28)26-20-7-3-5-19-6-4-10-25-22(19)14-20/h4,6,8-13,20H,3,5,7,14-15H2,1-2H3,(H,26,28). The molecule has 5 nitrogen and oxygen atoms in total. The van der Waals surface area contributed by atoms with Crippen molar-refractivity contribution >= 4 is 5.91 Å². The second kappa shape index (κ2) is 7.97. The minimum absolute atomic E-state index is 0.0125. The van der Waals surface area contributed by atoms with Crippen LogP contribution >= 0.6 is 0 Å². The van der Waals surface area contributed by atoms with Gasteiger partial charge in [-0.15, -0.1) is 0 Å². The number of fused-ring (bicyclic) bond motifs is 1. The van der Waals surface area contributed by atoms with Crippen LogP contribution in [0.3, 0.4) is 0 Å². The van der Waals surface area contributed by atoms with Gasteiger partial charge in [-0.3, -0.25) is 14.8 Å². The first-order valence-electron chi connectivity index (χ1n) is 9.91. The van der Waals surface area contributed by atoms with E-state index < -0.39 is 0 Å². The zero-order chi connectivity index (χ0) is 19.5. The van der Waals surface area contributed by atoms with Crippen LogP contribution in [0.25, 0.3) is 0 Å². The molecule has 0 aromatic carbocycles. The molecule has 1 atom stereocenters. The Kier molecular flexibility index (Phi) is 5.24. The molecule has 5 heteroatoms. The summed E-state index contributed by atoms with van der Waals surface area (Å²) in [5.74, 6) is 0.0125. The lowest BCUT2D eigenvalue weighted by molar-refractivity contribution is 0.0934. The normalized spacial score (nSPS) is 16.3. The lowest BCUT2D eigenvalue weighted by Gasteiger charge is -2.17. The quantitative estimate of drug-likeness (QED) is 0.710. The third kappa shape index (κ3) is 3.84. The van der Waals surface area contributed by atoms with Crippen LogP contribution in [0.15, 0.2) is 48.9 Å². The Morgan fingerprint density at radius 3 is 2.86 bits per heavy atom. The van der Waals surface area contributed by atoms with E-state index >= 15 is 0 Å². The Bertz CT molecular complexity index is 978. The van der Waals surface area contributed by atoms with E-state index in [-0.39, 0.29) is 11.9 Å². The van der Waals surface area contributed by atoms with E-state index in [0.717, 1.165) is 54.9 Å². The minimum Gasteiger partial charge on any atom is -0.349 e. The maximum Gasteiger partial charge on any atom is 0.253 e. The summed E-state index contributed by atoms with van der Waals surface area (Å²) in [7, 11) is 0. The summed E-state index contributed by atoms with van der Waals surface area (Å²) in [4.78, 5) is 21.6. The van der Waals surface area contributed by atoms with Crippen LogP contribution in [0.4, 0.5) is 0 Å². The van der Waals surface area contributed by atoms with Crippen LogP contribution < -0.4 is 5.32 Å². The van der Waals surface area contributed by atoms with E-state index in [1.165, 1.54) is 11.1 Å². The fourth-order valence-electron chi connectivity index (χ4n) is 4.09. The van der Waals surface area contributed by atoms with Gasteiger partial charge in [0.2, 0.25) is 0 Å². The van der Waals surface area contributed by atoms with Crippen molar-refractivity contribution in [1.82, 2.24) is 19.9 Å². The van der Waals surface area contributed by atoms with Crippen molar-refractivity contribution in [2.45, 2.75) is 52.1 Å². The number of amides is 1. The van der Waals surface area contributed by atoms with Crippen molar-refractivity contribution in [3.05, 3.63) is 82.7 Å². The second-order valence-corrected chi connectivity index (χ2v) is 7.60. The molecule has 28 heavy (non-hydrogen) atoms. The van der Waals surface area contributed by atoms with E-state index in [1.807, 2.05) is 37.4 Å². The fourth-order valence-corrected chi connectivity index (χ4v) is 4.09. The number of hydrogen-bond donors (Lipinski definition) is 1. The van der Waals surface area contributed by atoms with Crippen molar-refractivity contribution in [3.63, 3.8) is 0 Å². The van der Waals surface area contributed by atoms with Gasteiger partial charge in [0.15, 0.2) is 0 Å². The zero-order valence-corrected chi connectivity index (χ0v) is 16.5. The molecule has 0 radical (unpaired) electrons. The summed E-state index contributed by atoms with van der Waals surface area (Å²) in [6, 6.07) is 10.3. The molecule has 0 aliphatic heterocycles. The molecule has 0 spiro atoms.